The fourth-order valence-electron chi connectivity index (χ4n) is 2.20. The Hall–Kier alpha value is -2.56. The molecule has 2 rings (SSSR count). The van der Waals surface area contributed by atoms with E-state index in [1.165, 1.54) is 0 Å². The molecule has 1 N–H and O–H groups in total. The first-order valence-electron chi connectivity index (χ1n) is 6.97. The summed E-state index contributed by atoms with van der Waals surface area (Å²) in [5.41, 5.74) is 3.07. The number of carbonyl (C=O) groups is 2. The number of benzene rings is 1. The molecule has 0 bridgehead atoms. The highest BCUT2D eigenvalue weighted by Gasteiger charge is 2.14. The number of nitrogens with one attached hydrogen (secondary N) is 1. The molecule has 2 aromatic rings. The van der Waals surface area contributed by atoms with Crippen molar-refractivity contribution in [1.82, 2.24) is 4.98 Å². The zero-order valence-electron chi connectivity index (χ0n) is 12.9. The van der Waals surface area contributed by atoms with Crippen molar-refractivity contribution >= 4 is 11.8 Å². The minimum absolute atomic E-state index is 0.127. The Morgan fingerprint density at radius 1 is 1.14 bits per heavy atom. The number of carbonyl (C=O) groups excluding carboxylic acids is 2. The lowest BCUT2D eigenvalue weighted by Crippen LogP contribution is -2.16. The molecule has 0 unspecified atom stereocenters. The van der Waals surface area contributed by atoms with E-state index in [0.29, 0.717) is 5.56 Å². The van der Waals surface area contributed by atoms with Crippen molar-refractivity contribution in [3.05, 3.63) is 52.8 Å². The van der Waals surface area contributed by atoms with Gasteiger partial charge in [-0.3, -0.25) is 9.59 Å². The van der Waals surface area contributed by atoms with Crippen LogP contribution in [0.1, 0.15) is 27.3 Å². The summed E-state index contributed by atoms with van der Waals surface area (Å²) in [6, 6.07) is 8.90. The Morgan fingerprint density at radius 3 is 2.36 bits per heavy atom. The van der Waals surface area contributed by atoms with Gasteiger partial charge >= 0.3 is 5.97 Å². The van der Waals surface area contributed by atoms with E-state index in [9.17, 15) is 9.59 Å². The maximum absolute atomic E-state index is 12.0. The Kier molecular flexibility index (Phi) is 4.99. The zero-order chi connectivity index (χ0) is 16.1. The molecule has 0 atom stereocenters. The van der Waals surface area contributed by atoms with Gasteiger partial charge < -0.3 is 14.5 Å². The number of ketones is 1. The van der Waals surface area contributed by atoms with Crippen LogP contribution in [0.5, 0.6) is 5.75 Å². The monoisotopic (exact) mass is 301 g/mol. The molecule has 1 heterocycles. The highest BCUT2D eigenvalue weighted by atomic mass is 16.5. The maximum Gasteiger partial charge on any atom is 0.310 e. The molecule has 0 spiro atoms. The second-order valence-corrected chi connectivity index (χ2v) is 5.10. The number of hydrogen-bond donors (Lipinski definition) is 1. The van der Waals surface area contributed by atoms with Gasteiger partial charge in [0.25, 0.3) is 0 Å². The van der Waals surface area contributed by atoms with Crippen LogP contribution in [0.15, 0.2) is 30.3 Å². The first-order chi connectivity index (χ1) is 10.5. The number of ether oxygens (including phenoxy) is 2. The predicted octanol–water partition coefficient (Wildman–Crippen LogP) is 2.61. The van der Waals surface area contributed by atoms with Gasteiger partial charge in [-0.1, -0.05) is 12.1 Å². The number of hydrogen-bond acceptors (Lipinski definition) is 4. The van der Waals surface area contributed by atoms with Crippen LogP contribution in [0.2, 0.25) is 0 Å². The minimum Gasteiger partial charge on any atom is -0.497 e. The molecule has 0 aliphatic heterocycles. The first-order valence-corrected chi connectivity index (χ1v) is 6.97. The smallest absolute Gasteiger partial charge is 0.310 e. The van der Waals surface area contributed by atoms with Crippen molar-refractivity contribution in [3.8, 4) is 5.75 Å². The molecular formula is C17H19NO4. The fraction of sp³-hybridized carbons (Fsp3) is 0.294. The van der Waals surface area contributed by atoms with E-state index in [-0.39, 0.29) is 18.8 Å². The molecule has 116 valence electrons. The topological polar surface area (TPSA) is 68.4 Å². The molecule has 0 amide bonds. The van der Waals surface area contributed by atoms with Gasteiger partial charge in [0.15, 0.2) is 6.61 Å². The summed E-state index contributed by atoms with van der Waals surface area (Å²) in [6.45, 7) is 3.45. The lowest BCUT2D eigenvalue weighted by Gasteiger charge is -2.05. The number of aromatic amines is 1. The average molecular weight is 301 g/mol. The van der Waals surface area contributed by atoms with Crippen molar-refractivity contribution in [1.29, 1.82) is 0 Å². The predicted molar refractivity (Wildman–Crippen MR) is 82.3 cm³/mol. The summed E-state index contributed by atoms with van der Waals surface area (Å²) in [4.78, 5) is 26.8. The number of H-pyrrole nitrogens is 1. The van der Waals surface area contributed by atoms with E-state index >= 15 is 0 Å². The van der Waals surface area contributed by atoms with Crippen LogP contribution in [0.3, 0.4) is 0 Å². The van der Waals surface area contributed by atoms with Crippen molar-refractivity contribution in [2.45, 2.75) is 20.3 Å². The van der Waals surface area contributed by atoms with Crippen LogP contribution in [0, 0.1) is 13.8 Å². The van der Waals surface area contributed by atoms with Crippen LogP contribution >= 0.6 is 0 Å². The normalized spacial score (nSPS) is 10.3. The van der Waals surface area contributed by atoms with Crippen LogP contribution < -0.4 is 4.74 Å². The van der Waals surface area contributed by atoms with E-state index in [1.807, 2.05) is 13.8 Å². The van der Waals surface area contributed by atoms with E-state index in [1.54, 1.807) is 37.4 Å². The number of Topliss-reactive ketones (excluding diaryl/α,β-unsaturated/α-hetero) is 1. The van der Waals surface area contributed by atoms with E-state index in [4.69, 9.17) is 9.47 Å². The van der Waals surface area contributed by atoms with Crippen molar-refractivity contribution in [3.63, 3.8) is 0 Å². The van der Waals surface area contributed by atoms with Gasteiger partial charge in [0.2, 0.25) is 5.78 Å². The highest BCUT2D eigenvalue weighted by molar-refractivity contribution is 5.99. The lowest BCUT2D eigenvalue weighted by atomic mass is 10.1. The van der Waals surface area contributed by atoms with Crippen LogP contribution in [0.4, 0.5) is 0 Å². The molecule has 0 saturated carbocycles. The molecule has 1 aromatic heterocycles. The van der Waals surface area contributed by atoms with Gasteiger partial charge in [-0.05, 0) is 37.6 Å². The third-order valence-corrected chi connectivity index (χ3v) is 3.32. The highest BCUT2D eigenvalue weighted by Crippen LogP contribution is 2.13. The SMILES string of the molecule is COc1ccc(CC(=O)OCC(=O)c2cc(C)[nH]c2C)cc1. The van der Waals surface area contributed by atoms with E-state index < -0.39 is 5.97 Å². The standard InChI is InChI=1S/C17H19NO4/c1-11-8-15(12(2)18-11)16(19)10-22-17(20)9-13-4-6-14(21-3)7-5-13/h4-8,18H,9-10H2,1-3H3. The van der Waals surface area contributed by atoms with Crippen molar-refractivity contribution in [2.75, 3.05) is 13.7 Å². The second kappa shape index (κ2) is 6.93. The summed E-state index contributed by atoms with van der Waals surface area (Å²) in [7, 11) is 1.58. The van der Waals surface area contributed by atoms with Gasteiger partial charge in [-0.25, -0.2) is 0 Å². The average Bonchev–Trinajstić information content (AvgIpc) is 2.84. The third kappa shape index (κ3) is 3.97. The summed E-state index contributed by atoms with van der Waals surface area (Å²) in [6.07, 6.45) is 0.127. The zero-order valence-corrected chi connectivity index (χ0v) is 12.9. The Balaban J connectivity index is 1.87. The first kappa shape index (κ1) is 15.8. The number of aryl methyl sites for hydroxylation is 2. The van der Waals surface area contributed by atoms with Gasteiger partial charge in [0.05, 0.1) is 13.5 Å². The molecular weight excluding hydrogens is 282 g/mol. The molecule has 5 nitrogen and oxygen atoms in total. The number of aromatic nitrogens is 1. The van der Waals surface area contributed by atoms with Gasteiger partial charge in [-0.15, -0.1) is 0 Å². The molecule has 0 saturated heterocycles. The molecule has 0 fully saturated rings. The van der Waals surface area contributed by atoms with Gasteiger partial charge in [-0.2, -0.15) is 0 Å². The second-order valence-electron chi connectivity index (χ2n) is 5.10. The molecule has 0 aliphatic rings. The summed E-state index contributed by atoms with van der Waals surface area (Å²) in [5, 5.41) is 0. The molecule has 1 aromatic carbocycles. The number of methoxy groups -OCH3 is 1. The van der Waals surface area contributed by atoms with E-state index in [0.717, 1.165) is 22.7 Å². The molecule has 0 radical (unpaired) electrons. The number of rotatable bonds is 6. The Labute approximate surface area is 129 Å². The summed E-state index contributed by atoms with van der Waals surface area (Å²) >= 11 is 0. The number of esters is 1. The van der Waals surface area contributed by atoms with Crippen LogP contribution in [0.25, 0.3) is 0 Å². The molecule has 0 aliphatic carbocycles. The maximum atomic E-state index is 12.0. The lowest BCUT2D eigenvalue weighted by molar-refractivity contribution is -0.141. The van der Waals surface area contributed by atoms with Crippen LogP contribution in [-0.4, -0.2) is 30.5 Å². The van der Waals surface area contributed by atoms with E-state index in [2.05, 4.69) is 4.98 Å². The summed E-state index contributed by atoms with van der Waals surface area (Å²) < 4.78 is 10.1. The minimum atomic E-state index is -0.427. The van der Waals surface area contributed by atoms with Crippen molar-refractivity contribution < 1.29 is 19.1 Å². The Morgan fingerprint density at radius 2 is 1.82 bits per heavy atom. The Bertz CT molecular complexity index is 670. The molecule has 5 heteroatoms. The molecule has 22 heavy (non-hydrogen) atoms. The van der Waals surface area contributed by atoms with Gasteiger partial charge in [0, 0.05) is 17.0 Å². The largest absolute Gasteiger partial charge is 0.497 e. The third-order valence-electron chi connectivity index (χ3n) is 3.32. The quantitative estimate of drug-likeness (QED) is 0.658. The van der Waals surface area contributed by atoms with Gasteiger partial charge in [0.1, 0.15) is 5.75 Å². The fourth-order valence-corrected chi connectivity index (χ4v) is 2.20. The summed E-state index contributed by atoms with van der Waals surface area (Å²) in [5.74, 6) is 0.0963. The van der Waals surface area contributed by atoms with Crippen LogP contribution in [-0.2, 0) is 16.0 Å². The van der Waals surface area contributed by atoms with Crippen molar-refractivity contribution in [2.24, 2.45) is 0 Å².